The Morgan fingerprint density at radius 3 is 2.62 bits per heavy atom. The second-order valence-corrected chi connectivity index (χ2v) is 4.13. The Kier molecular flexibility index (Phi) is 5.61. The summed E-state index contributed by atoms with van der Waals surface area (Å²) >= 11 is 0. The van der Waals surface area contributed by atoms with Crippen LogP contribution in [0.3, 0.4) is 0 Å². The third-order valence-electron chi connectivity index (χ3n) is 2.69. The molecule has 0 aliphatic heterocycles. The number of hydrogen-bond acceptors (Lipinski definition) is 6. The van der Waals surface area contributed by atoms with Gasteiger partial charge in [-0.2, -0.15) is 0 Å². The predicted molar refractivity (Wildman–Crippen MR) is 73.3 cm³/mol. The van der Waals surface area contributed by atoms with Crippen molar-refractivity contribution in [3.63, 3.8) is 0 Å². The molecular weight excluding hydrogens is 282 g/mol. The number of nitro benzene ring substituents is 1. The highest BCUT2D eigenvalue weighted by atomic mass is 16.6. The van der Waals surface area contributed by atoms with E-state index in [1.807, 2.05) is 0 Å². The van der Waals surface area contributed by atoms with Crippen LogP contribution in [0.15, 0.2) is 18.2 Å². The average molecular weight is 297 g/mol. The van der Waals surface area contributed by atoms with E-state index in [0.717, 1.165) is 6.07 Å². The summed E-state index contributed by atoms with van der Waals surface area (Å²) in [4.78, 5) is 33.7. The van der Waals surface area contributed by atoms with Gasteiger partial charge in [-0.1, -0.05) is 0 Å². The highest BCUT2D eigenvalue weighted by molar-refractivity contribution is 5.94. The Labute approximate surface area is 120 Å². The minimum absolute atomic E-state index is 0.0209. The number of ether oxygens (including phenoxy) is 1. The lowest BCUT2D eigenvalue weighted by Gasteiger charge is -2.22. The number of nitrogens with two attached hydrogens (primary N) is 1. The van der Waals surface area contributed by atoms with Crippen LogP contribution in [-0.4, -0.2) is 48.7 Å². The molecule has 1 amide bonds. The quantitative estimate of drug-likeness (QED) is 0.517. The Morgan fingerprint density at radius 1 is 1.48 bits per heavy atom. The van der Waals surface area contributed by atoms with Gasteiger partial charge in [0.25, 0.3) is 5.69 Å². The van der Waals surface area contributed by atoms with E-state index in [1.165, 1.54) is 24.1 Å². The summed E-state index contributed by atoms with van der Waals surface area (Å²) in [6.45, 7) is -0.0817. The molecule has 114 valence electrons. The van der Waals surface area contributed by atoms with Crippen molar-refractivity contribution in [1.82, 2.24) is 0 Å². The van der Waals surface area contributed by atoms with Crippen LogP contribution in [0, 0.1) is 10.1 Å². The van der Waals surface area contributed by atoms with Gasteiger partial charge in [0, 0.05) is 25.3 Å². The molecule has 21 heavy (non-hydrogen) atoms. The van der Waals surface area contributed by atoms with E-state index >= 15 is 0 Å². The summed E-state index contributed by atoms with van der Waals surface area (Å²) in [6, 6.07) is 3.64. The van der Waals surface area contributed by atoms with Crippen LogP contribution in [0.2, 0.25) is 0 Å². The summed E-state index contributed by atoms with van der Waals surface area (Å²) in [5.74, 6) is -1.94. The van der Waals surface area contributed by atoms with Gasteiger partial charge in [-0.3, -0.25) is 19.7 Å². The van der Waals surface area contributed by atoms with E-state index in [4.69, 9.17) is 15.6 Å². The number of anilines is 1. The van der Waals surface area contributed by atoms with Gasteiger partial charge in [0.2, 0.25) is 5.91 Å². The van der Waals surface area contributed by atoms with Gasteiger partial charge >= 0.3 is 5.97 Å². The first-order valence-corrected chi connectivity index (χ1v) is 5.90. The van der Waals surface area contributed by atoms with Crippen molar-refractivity contribution in [2.24, 2.45) is 5.73 Å². The lowest BCUT2D eigenvalue weighted by molar-refractivity contribution is -0.384. The summed E-state index contributed by atoms with van der Waals surface area (Å²) in [5.41, 5.74) is 4.76. The second-order valence-electron chi connectivity index (χ2n) is 4.13. The molecular formula is C12H15N3O6. The number of nitro groups is 1. The number of rotatable bonds is 8. The van der Waals surface area contributed by atoms with Gasteiger partial charge < -0.3 is 20.5 Å². The molecule has 0 aliphatic carbocycles. The van der Waals surface area contributed by atoms with Gasteiger partial charge in [-0.05, 0) is 12.1 Å². The summed E-state index contributed by atoms with van der Waals surface area (Å²) in [6.07, 6.45) is 0. The Bertz CT molecular complexity index is 560. The zero-order valence-electron chi connectivity index (χ0n) is 11.3. The maximum Gasteiger partial charge on any atom is 0.323 e. The smallest absolute Gasteiger partial charge is 0.323 e. The summed E-state index contributed by atoms with van der Waals surface area (Å²) in [7, 11) is 1.43. The minimum atomic E-state index is -1.14. The number of benzene rings is 1. The molecule has 0 saturated heterocycles. The van der Waals surface area contributed by atoms with Crippen LogP contribution < -0.4 is 10.6 Å². The first-order valence-electron chi connectivity index (χ1n) is 5.90. The van der Waals surface area contributed by atoms with Crippen molar-refractivity contribution in [2.45, 2.75) is 0 Å². The second kappa shape index (κ2) is 7.20. The van der Waals surface area contributed by atoms with Gasteiger partial charge in [0.05, 0.1) is 11.5 Å². The fourth-order valence-electron chi connectivity index (χ4n) is 1.74. The van der Waals surface area contributed by atoms with Crippen LogP contribution in [0.1, 0.15) is 10.4 Å². The number of nitrogens with zero attached hydrogens (tertiary/aromatic N) is 2. The highest BCUT2D eigenvalue weighted by Crippen LogP contribution is 2.29. The van der Waals surface area contributed by atoms with E-state index in [0.29, 0.717) is 0 Å². The molecule has 0 aliphatic rings. The molecule has 0 radical (unpaired) electrons. The Balaban J connectivity index is 3.24. The van der Waals surface area contributed by atoms with Gasteiger partial charge in [0.1, 0.15) is 12.2 Å². The van der Waals surface area contributed by atoms with Crippen molar-refractivity contribution in [2.75, 3.05) is 31.7 Å². The molecule has 0 heterocycles. The van der Waals surface area contributed by atoms with Crippen molar-refractivity contribution in [3.8, 4) is 0 Å². The van der Waals surface area contributed by atoms with Crippen molar-refractivity contribution in [1.29, 1.82) is 0 Å². The third-order valence-corrected chi connectivity index (χ3v) is 2.69. The zero-order valence-corrected chi connectivity index (χ0v) is 11.3. The van der Waals surface area contributed by atoms with Crippen molar-refractivity contribution >= 4 is 23.3 Å². The number of aliphatic carboxylic acids is 1. The molecule has 0 unspecified atom stereocenters. The summed E-state index contributed by atoms with van der Waals surface area (Å²) in [5, 5.41) is 20.0. The monoisotopic (exact) mass is 297 g/mol. The van der Waals surface area contributed by atoms with Crippen LogP contribution >= 0.6 is 0 Å². The number of hydrogen-bond donors (Lipinski definition) is 2. The van der Waals surface area contributed by atoms with Crippen molar-refractivity contribution < 1.29 is 24.4 Å². The number of carboxylic acids is 1. The summed E-state index contributed by atoms with van der Waals surface area (Å²) < 4.78 is 4.86. The molecule has 0 saturated carbocycles. The fourth-order valence-corrected chi connectivity index (χ4v) is 1.74. The highest BCUT2D eigenvalue weighted by Gasteiger charge is 2.22. The first kappa shape index (κ1) is 16.4. The minimum Gasteiger partial charge on any atom is -0.480 e. The maximum atomic E-state index is 11.1. The normalized spacial score (nSPS) is 10.1. The van der Waals surface area contributed by atoms with Crippen LogP contribution in [-0.2, 0) is 9.53 Å². The zero-order chi connectivity index (χ0) is 16.0. The molecule has 0 aromatic heterocycles. The van der Waals surface area contributed by atoms with E-state index in [1.54, 1.807) is 0 Å². The van der Waals surface area contributed by atoms with Crippen LogP contribution in [0.4, 0.5) is 11.4 Å². The number of carbonyl (C=O) groups excluding carboxylic acids is 1. The Hall–Kier alpha value is -2.68. The standard InChI is InChI=1S/C12H15N3O6/c1-21-5-4-14(7-11(16)17)9-3-2-8(12(13)18)6-10(9)15(19)20/h2-3,6H,4-5,7H2,1H3,(H2,13,18)(H,16,17). The van der Waals surface area contributed by atoms with E-state index < -0.39 is 23.3 Å². The first-order chi connectivity index (χ1) is 9.86. The van der Waals surface area contributed by atoms with Crippen LogP contribution in [0.5, 0.6) is 0 Å². The largest absolute Gasteiger partial charge is 0.480 e. The van der Waals surface area contributed by atoms with E-state index in [-0.39, 0.29) is 30.1 Å². The SMILES string of the molecule is COCCN(CC(=O)O)c1ccc(C(N)=O)cc1[N+](=O)[O-]. The molecule has 1 aromatic rings. The molecule has 0 bridgehead atoms. The topological polar surface area (TPSA) is 136 Å². The number of amides is 1. The van der Waals surface area contributed by atoms with E-state index in [2.05, 4.69) is 0 Å². The molecule has 0 atom stereocenters. The van der Waals surface area contributed by atoms with Gasteiger partial charge in [-0.15, -0.1) is 0 Å². The average Bonchev–Trinajstić information content (AvgIpc) is 2.42. The number of carbonyl (C=O) groups is 2. The van der Waals surface area contributed by atoms with Gasteiger partial charge in [0.15, 0.2) is 0 Å². The molecule has 1 aromatic carbocycles. The molecule has 1 rings (SSSR count). The molecule has 0 spiro atoms. The number of primary amides is 1. The molecule has 9 nitrogen and oxygen atoms in total. The third kappa shape index (κ3) is 4.42. The van der Waals surface area contributed by atoms with Crippen LogP contribution in [0.25, 0.3) is 0 Å². The Morgan fingerprint density at radius 2 is 2.14 bits per heavy atom. The molecule has 9 heteroatoms. The molecule has 3 N–H and O–H groups in total. The number of methoxy groups -OCH3 is 1. The lowest BCUT2D eigenvalue weighted by Crippen LogP contribution is -2.33. The van der Waals surface area contributed by atoms with E-state index in [9.17, 15) is 19.7 Å². The van der Waals surface area contributed by atoms with Crippen molar-refractivity contribution in [3.05, 3.63) is 33.9 Å². The molecule has 0 fully saturated rings. The number of carboxylic acid groups (broad SMARTS) is 1. The van der Waals surface area contributed by atoms with Gasteiger partial charge in [-0.25, -0.2) is 0 Å². The maximum absolute atomic E-state index is 11.1. The predicted octanol–water partition coefficient (Wildman–Crippen LogP) is 0.231. The fraction of sp³-hybridized carbons (Fsp3) is 0.333. The lowest BCUT2D eigenvalue weighted by atomic mass is 10.1.